The van der Waals surface area contributed by atoms with E-state index in [-0.39, 0.29) is 22.6 Å². The van der Waals surface area contributed by atoms with Crippen molar-refractivity contribution in [1.29, 1.82) is 0 Å². The minimum Gasteiger partial charge on any atom is -0.487 e. The summed E-state index contributed by atoms with van der Waals surface area (Å²) >= 11 is 0. The molecule has 21 heavy (non-hydrogen) atoms. The standard InChI is InChI=1S/C15H13F2NO3/c16-15(17,10-4-2-1-3-5-10)9-21-11-6-7-13(18)12(8-11)14(19)20/h1-8H,9,18H2,(H,19,20). The van der Waals surface area contributed by atoms with E-state index in [2.05, 4.69) is 0 Å². The Morgan fingerprint density at radius 1 is 1.19 bits per heavy atom. The van der Waals surface area contributed by atoms with Gasteiger partial charge in [-0.3, -0.25) is 0 Å². The second kappa shape index (κ2) is 5.78. The fraction of sp³-hybridized carbons (Fsp3) is 0.133. The minimum absolute atomic E-state index is 0.0252. The number of nitrogens with two attached hydrogens (primary N) is 1. The zero-order chi connectivity index (χ0) is 15.5. The van der Waals surface area contributed by atoms with Crippen molar-refractivity contribution in [2.75, 3.05) is 12.3 Å². The average Bonchev–Trinajstić information content (AvgIpc) is 2.47. The van der Waals surface area contributed by atoms with Crippen LogP contribution in [0.1, 0.15) is 15.9 Å². The van der Waals surface area contributed by atoms with E-state index in [1.165, 1.54) is 36.4 Å². The second-order valence-corrected chi connectivity index (χ2v) is 4.41. The van der Waals surface area contributed by atoms with E-state index in [9.17, 15) is 13.6 Å². The maximum Gasteiger partial charge on any atom is 0.337 e. The summed E-state index contributed by atoms with van der Waals surface area (Å²) in [5.41, 5.74) is 5.17. The molecule has 0 heterocycles. The molecule has 0 aromatic heterocycles. The van der Waals surface area contributed by atoms with Gasteiger partial charge in [0.1, 0.15) is 5.75 Å². The monoisotopic (exact) mass is 293 g/mol. The summed E-state index contributed by atoms with van der Waals surface area (Å²) < 4.78 is 32.8. The van der Waals surface area contributed by atoms with Crippen LogP contribution in [-0.2, 0) is 5.92 Å². The summed E-state index contributed by atoms with van der Waals surface area (Å²) in [6.07, 6.45) is 0. The molecule has 0 aliphatic rings. The highest BCUT2D eigenvalue weighted by Crippen LogP contribution is 2.29. The van der Waals surface area contributed by atoms with Gasteiger partial charge in [-0.2, -0.15) is 8.78 Å². The summed E-state index contributed by atoms with van der Waals surface area (Å²) in [6.45, 7) is -0.889. The van der Waals surface area contributed by atoms with Crippen LogP contribution in [0.25, 0.3) is 0 Å². The molecule has 0 aliphatic carbocycles. The van der Waals surface area contributed by atoms with Gasteiger partial charge >= 0.3 is 11.9 Å². The molecule has 0 spiro atoms. The number of nitrogen functional groups attached to an aromatic ring is 1. The van der Waals surface area contributed by atoms with Gasteiger partial charge in [0, 0.05) is 11.3 Å². The van der Waals surface area contributed by atoms with Crippen LogP contribution in [0.2, 0.25) is 0 Å². The lowest BCUT2D eigenvalue weighted by Crippen LogP contribution is -2.23. The van der Waals surface area contributed by atoms with Gasteiger partial charge in [-0.25, -0.2) is 4.79 Å². The lowest BCUT2D eigenvalue weighted by atomic mass is 10.1. The van der Waals surface area contributed by atoms with Gasteiger partial charge in [0.25, 0.3) is 0 Å². The number of carboxylic acids is 1. The van der Waals surface area contributed by atoms with Crippen LogP contribution in [0.4, 0.5) is 14.5 Å². The summed E-state index contributed by atoms with van der Waals surface area (Å²) in [6, 6.07) is 11.0. The summed E-state index contributed by atoms with van der Waals surface area (Å²) in [7, 11) is 0. The van der Waals surface area contributed by atoms with E-state index in [0.29, 0.717) is 0 Å². The van der Waals surface area contributed by atoms with Crippen molar-refractivity contribution < 1.29 is 23.4 Å². The SMILES string of the molecule is Nc1ccc(OCC(F)(F)c2ccccc2)cc1C(=O)O. The Kier molecular flexibility index (Phi) is 4.07. The van der Waals surface area contributed by atoms with E-state index >= 15 is 0 Å². The number of halogens is 2. The number of carboxylic acid groups (broad SMARTS) is 1. The summed E-state index contributed by atoms with van der Waals surface area (Å²) in [5.74, 6) is -4.39. The number of anilines is 1. The molecule has 0 aliphatic heterocycles. The molecule has 6 heteroatoms. The van der Waals surface area contributed by atoms with Gasteiger partial charge in [-0.15, -0.1) is 0 Å². The van der Waals surface area contributed by atoms with Crippen LogP contribution in [-0.4, -0.2) is 17.7 Å². The lowest BCUT2D eigenvalue weighted by molar-refractivity contribution is -0.0467. The van der Waals surface area contributed by atoms with Crippen LogP contribution in [0, 0.1) is 0 Å². The number of hydrogen-bond donors (Lipinski definition) is 2. The highest BCUT2D eigenvalue weighted by atomic mass is 19.3. The zero-order valence-corrected chi connectivity index (χ0v) is 10.9. The van der Waals surface area contributed by atoms with E-state index in [1.54, 1.807) is 6.07 Å². The fourth-order valence-electron chi connectivity index (χ4n) is 1.75. The van der Waals surface area contributed by atoms with Crippen LogP contribution >= 0.6 is 0 Å². The van der Waals surface area contributed by atoms with Crippen molar-refractivity contribution in [3.63, 3.8) is 0 Å². The molecule has 4 nitrogen and oxygen atoms in total. The molecule has 2 aromatic rings. The zero-order valence-electron chi connectivity index (χ0n) is 10.9. The maximum absolute atomic E-state index is 13.9. The van der Waals surface area contributed by atoms with Crippen molar-refractivity contribution in [3.8, 4) is 5.75 Å². The molecular formula is C15H13F2NO3. The van der Waals surface area contributed by atoms with Gasteiger partial charge in [0.15, 0.2) is 6.61 Å². The van der Waals surface area contributed by atoms with Crippen molar-refractivity contribution in [2.45, 2.75) is 5.92 Å². The highest BCUT2D eigenvalue weighted by Gasteiger charge is 2.32. The predicted molar refractivity (Wildman–Crippen MR) is 73.6 cm³/mol. The predicted octanol–water partition coefficient (Wildman–Crippen LogP) is 3.14. The van der Waals surface area contributed by atoms with Gasteiger partial charge in [-0.1, -0.05) is 30.3 Å². The third-order valence-corrected chi connectivity index (χ3v) is 2.87. The molecule has 0 saturated carbocycles. The first-order valence-corrected chi connectivity index (χ1v) is 6.09. The molecule has 0 saturated heterocycles. The lowest BCUT2D eigenvalue weighted by Gasteiger charge is -2.17. The Balaban J connectivity index is 2.13. The third kappa shape index (κ3) is 3.47. The first-order chi connectivity index (χ1) is 9.90. The van der Waals surface area contributed by atoms with E-state index in [0.717, 1.165) is 6.07 Å². The van der Waals surface area contributed by atoms with Crippen molar-refractivity contribution in [3.05, 3.63) is 59.7 Å². The van der Waals surface area contributed by atoms with Gasteiger partial charge in [0.05, 0.1) is 5.56 Å². The Labute approximate surface area is 119 Å². The number of carbonyl (C=O) groups is 1. The Hall–Kier alpha value is -2.63. The normalized spacial score (nSPS) is 11.1. The minimum atomic E-state index is -3.17. The summed E-state index contributed by atoms with van der Waals surface area (Å²) in [5, 5.41) is 8.91. The van der Waals surface area contributed by atoms with E-state index < -0.39 is 18.5 Å². The molecule has 110 valence electrons. The largest absolute Gasteiger partial charge is 0.487 e. The number of benzene rings is 2. The molecule has 0 unspecified atom stereocenters. The molecule has 2 aromatic carbocycles. The number of rotatable bonds is 5. The second-order valence-electron chi connectivity index (χ2n) is 4.41. The fourth-order valence-corrected chi connectivity index (χ4v) is 1.75. The Bertz CT molecular complexity index is 645. The van der Waals surface area contributed by atoms with Crippen LogP contribution in [0.5, 0.6) is 5.75 Å². The first-order valence-electron chi connectivity index (χ1n) is 6.09. The van der Waals surface area contributed by atoms with E-state index in [1.807, 2.05) is 0 Å². The topological polar surface area (TPSA) is 72.5 Å². The molecule has 0 atom stereocenters. The van der Waals surface area contributed by atoms with Crippen LogP contribution in [0.15, 0.2) is 48.5 Å². The van der Waals surface area contributed by atoms with Crippen molar-refractivity contribution in [2.24, 2.45) is 0 Å². The van der Waals surface area contributed by atoms with Gasteiger partial charge < -0.3 is 15.6 Å². The van der Waals surface area contributed by atoms with Gasteiger partial charge in [-0.05, 0) is 18.2 Å². The molecule has 2 rings (SSSR count). The molecule has 0 amide bonds. The van der Waals surface area contributed by atoms with Gasteiger partial charge in [0.2, 0.25) is 0 Å². The number of alkyl halides is 2. The Morgan fingerprint density at radius 2 is 1.86 bits per heavy atom. The number of aromatic carboxylic acids is 1. The third-order valence-electron chi connectivity index (χ3n) is 2.87. The van der Waals surface area contributed by atoms with Crippen molar-refractivity contribution in [1.82, 2.24) is 0 Å². The van der Waals surface area contributed by atoms with Crippen LogP contribution < -0.4 is 10.5 Å². The molecular weight excluding hydrogens is 280 g/mol. The first kappa shape index (κ1) is 14.8. The molecule has 0 bridgehead atoms. The quantitative estimate of drug-likeness (QED) is 0.831. The molecule has 0 fully saturated rings. The number of ether oxygens (including phenoxy) is 1. The molecule has 3 N–H and O–H groups in total. The smallest absolute Gasteiger partial charge is 0.337 e. The highest BCUT2D eigenvalue weighted by molar-refractivity contribution is 5.94. The molecule has 0 radical (unpaired) electrons. The number of hydrogen-bond acceptors (Lipinski definition) is 3. The Morgan fingerprint density at radius 3 is 2.48 bits per heavy atom. The maximum atomic E-state index is 13.9. The van der Waals surface area contributed by atoms with Crippen molar-refractivity contribution >= 4 is 11.7 Å². The average molecular weight is 293 g/mol. The van der Waals surface area contributed by atoms with Crippen LogP contribution in [0.3, 0.4) is 0 Å². The summed E-state index contributed by atoms with van der Waals surface area (Å²) in [4.78, 5) is 10.9. The van der Waals surface area contributed by atoms with E-state index in [4.69, 9.17) is 15.6 Å².